The van der Waals surface area contributed by atoms with Crippen LogP contribution in [0.4, 0.5) is 33.6 Å². The number of nitrogens with zero attached hydrogens (tertiary/aromatic N) is 4. The Balaban J connectivity index is 1.64. The third-order valence-corrected chi connectivity index (χ3v) is 7.99. The molecule has 2 aromatic carbocycles. The van der Waals surface area contributed by atoms with Gasteiger partial charge in [0.2, 0.25) is 11.9 Å². The number of anilines is 2. The second kappa shape index (κ2) is 10.6. The lowest BCUT2D eigenvalue weighted by Crippen LogP contribution is -2.17. The maximum atomic E-state index is 15.9. The van der Waals surface area contributed by atoms with Crippen molar-refractivity contribution in [3.05, 3.63) is 90.1 Å². The minimum absolute atomic E-state index is 0.0442. The van der Waals surface area contributed by atoms with Crippen LogP contribution in [0.15, 0.2) is 65.8 Å². The van der Waals surface area contributed by atoms with Crippen molar-refractivity contribution in [1.29, 1.82) is 0 Å². The van der Waals surface area contributed by atoms with Gasteiger partial charge in [-0.15, -0.1) is 11.3 Å². The van der Waals surface area contributed by atoms with Gasteiger partial charge in [-0.3, -0.25) is 4.72 Å². The van der Waals surface area contributed by atoms with Gasteiger partial charge in [0.15, 0.2) is 10.7 Å². The summed E-state index contributed by atoms with van der Waals surface area (Å²) in [6.07, 6.45) is 2.71. The predicted molar refractivity (Wildman–Crippen MR) is 138 cm³/mol. The number of aromatic nitrogens is 4. The maximum absolute atomic E-state index is 15.9. The Hall–Kier alpha value is -4.50. The Morgan fingerprint density at radius 1 is 0.900 bits per heavy atom. The Morgan fingerprint density at radius 3 is 2.33 bits per heavy atom. The molecule has 0 amide bonds. The van der Waals surface area contributed by atoms with Crippen LogP contribution < -0.4 is 10.0 Å². The molecule has 3 heterocycles. The molecule has 0 aliphatic rings. The number of pyridine rings is 1. The van der Waals surface area contributed by atoms with Gasteiger partial charge in [0, 0.05) is 42.7 Å². The van der Waals surface area contributed by atoms with Crippen LogP contribution in [0.25, 0.3) is 32.4 Å². The van der Waals surface area contributed by atoms with Gasteiger partial charge < -0.3 is 5.32 Å². The molecule has 0 saturated carbocycles. The van der Waals surface area contributed by atoms with Crippen molar-refractivity contribution in [1.82, 2.24) is 19.9 Å². The molecule has 15 heteroatoms. The molecule has 0 spiro atoms. The van der Waals surface area contributed by atoms with E-state index in [2.05, 4.69) is 25.3 Å². The first-order valence-corrected chi connectivity index (χ1v) is 13.5. The first-order valence-electron chi connectivity index (χ1n) is 11.2. The van der Waals surface area contributed by atoms with Crippen LogP contribution in [0.3, 0.4) is 0 Å². The van der Waals surface area contributed by atoms with Gasteiger partial charge in [0.25, 0.3) is 10.0 Å². The van der Waals surface area contributed by atoms with Crippen molar-refractivity contribution in [3.8, 4) is 32.4 Å². The third-order valence-electron chi connectivity index (χ3n) is 5.44. The molecule has 5 aromatic rings. The summed E-state index contributed by atoms with van der Waals surface area (Å²) in [5, 5.41) is 3.11. The minimum Gasteiger partial charge on any atom is -0.357 e. The highest BCUT2D eigenvalue weighted by atomic mass is 32.2. The average Bonchev–Trinajstić information content (AvgIpc) is 3.34. The summed E-state index contributed by atoms with van der Waals surface area (Å²) in [5.74, 6) is -6.28. The molecule has 3 aromatic heterocycles. The molecule has 0 unspecified atom stereocenters. The van der Waals surface area contributed by atoms with Gasteiger partial charge >= 0.3 is 0 Å². The Kier molecular flexibility index (Phi) is 7.16. The molecule has 2 N–H and O–H groups in total. The summed E-state index contributed by atoms with van der Waals surface area (Å²) in [4.78, 5) is 15.4. The minimum atomic E-state index is -5.02. The Bertz CT molecular complexity index is 1830. The van der Waals surface area contributed by atoms with E-state index in [0.717, 1.165) is 23.5 Å². The van der Waals surface area contributed by atoms with Gasteiger partial charge in [-0.2, -0.15) is 4.39 Å². The molecular weight excluding hydrogens is 575 g/mol. The number of rotatable bonds is 7. The van der Waals surface area contributed by atoms with Gasteiger partial charge in [-0.25, -0.2) is 45.9 Å². The molecule has 0 aliphatic heterocycles. The van der Waals surface area contributed by atoms with Crippen LogP contribution in [-0.4, -0.2) is 35.4 Å². The van der Waals surface area contributed by atoms with Crippen LogP contribution in [0.2, 0.25) is 0 Å². The van der Waals surface area contributed by atoms with E-state index in [-0.39, 0.29) is 29.3 Å². The van der Waals surface area contributed by atoms with Crippen LogP contribution in [0, 0.1) is 29.2 Å². The summed E-state index contributed by atoms with van der Waals surface area (Å²) in [7, 11) is -3.42. The van der Waals surface area contributed by atoms with Crippen molar-refractivity contribution in [2.75, 3.05) is 17.1 Å². The number of hydrogen-bond acceptors (Lipinski definition) is 8. The zero-order valence-corrected chi connectivity index (χ0v) is 21.7. The standard InChI is InChI=1S/C25H15F5N6O2S2/c1-31-25-32-8-7-18(34-25)22-21(35-24(39-22)12-5-6-19(29)33-11-12)14-3-2-4-17(20(14)30)36-40(37,38)23-15(27)9-13(26)10-16(23)28/h2-11,36H,1H3,(H,31,32,34). The van der Waals surface area contributed by atoms with E-state index in [9.17, 15) is 26.0 Å². The molecule has 0 aliphatic carbocycles. The summed E-state index contributed by atoms with van der Waals surface area (Å²) in [6.45, 7) is 0. The monoisotopic (exact) mass is 590 g/mol. The second-order valence-electron chi connectivity index (χ2n) is 8.05. The van der Waals surface area contributed by atoms with Gasteiger partial charge in [-0.1, -0.05) is 6.07 Å². The number of halogens is 5. The number of hydrogen-bond donors (Lipinski definition) is 2. The van der Waals surface area contributed by atoms with E-state index in [1.165, 1.54) is 30.6 Å². The van der Waals surface area contributed by atoms with Gasteiger partial charge in [-0.05, 0) is 30.3 Å². The van der Waals surface area contributed by atoms with Crippen molar-refractivity contribution in [2.24, 2.45) is 0 Å². The number of benzene rings is 2. The van der Waals surface area contributed by atoms with Crippen LogP contribution in [0.1, 0.15) is 0 Å². The number of nitrogens with one attached hydrogen (secondary N) is 2. The summed E-state index contributed by atoms with van der Waals surface area (Å²) < 4.78 is 98.3. The fourth-order valence-electron chi connectivity index (χ4n) is 3.68. The van der Waals surface area contributed by atoms with E-state index in [1.54, 1.807) is 13.1 Å². The van der Waals surface area contributed by atoms with E-state index < -0.39 is 49.8 Å². The summed E-state index contributed by atoms with van der Waals surface area (Å²) in [5.41, 5.74) is -0.0290. The molecule has 204 valence electrons. The van der Waals surface area contributed by atoms with E-state index >= 15 is 4.39 Å². The number of sulfonamides is 1. The van der Waals surface area contributed by atoms with Gasteiger partial charge in [0.1, 0.15) is 22.5 Å². The SMILES string of the molecule is CNc1nccc(-c2sc(-c3ccc(F)nc3)nc2-c2cccc(NS(=O)(=O)c3c(F)cc(F)cc3F)c2F)n1. The number of thiazole rings is 1. The summed E-state index contributed by atoms with van der Waals surface area (Å²) >= 11 is 1.08. The summed E-state index contributed by atoms with van der Waals surface area (Å²) in [6, 6.07) is 8.15. The quantitative estimate of drug-likeness (QED) is 0.180. The largest absolute Gasteiger partial charge is 0.357 e. The average molecular weight is 591 g/mol. The lowest BCUT2D eigenvalue weighted by atomic mass is 10.1. The van der Waals surface area contributed by atoms with Crippen molar-refractivity contribution in [3.63, 3.8) is 0 Å². The molecule has 5 rings (SSSR count). The first kappa shape index (κ1) is 27.1. The first-order chi connectivity index (χ1) is 19.1. The van der Waals surface area contributed by atoms with Crippen molar-refractivity contribution < 1.29 is 30.4 Å². The maximum Gasteiger partial charge on any atom is 0.267 e. The van der Waals surface area contributed by atoms with E-state index in [1.807, 2.05) is 4.72 Å². The zero-order valence-electron chi connectivity index (χ0n) is 20.1. The molecule has 0 radical (unpaired) electrons. The highest BCUT2D eigenvalue weighted by Crippen LogP contribution is 2.42. The second-order valence-corrected chi connectivity index (χ2v) is 10.7. The molecule has 0 saturated heterocycles. The Morgan fingerprint density at radius 2 is 1.65 bits per heavy atom. The topological polar surface area (TPSA) is 110 Å². The van der Waals surface area contributed by atoms with Crippen LogP contribution >= 0.6 is 11.3 Å². The Labute approximate surface area is 227 Å². The van der Waals surface area contributed by atoms with Crippen LogP contribution in [0.5, 0.6) is 0 Å². The van der Waals surface area contributed by atoms with Crippen LogP contribution in [-0.2, 0) is 10.0 Å². The fourth-order valence-corrected chi connectivity index (χ4v) is 5.90. The smallest absolute Gasteiger partial charge is 0.267 e. The van der Waals surface area contributed by atoms with Gasteiger partial charge in [0.05, 0.1) is 22.0 Å². The highest BCUT2D eigenvalue weighted by Gasteiger charge is 2.28. The molecule has 8 nitrogen and oxygen atoms in total. The van der Waals surface area contributed by atoms with Crippen molar-refractivity contribution >= 4 is 33.0 Å². The normalized spacial score (nSPS) is 11.4. The third kappa shape index (κ3) is 5.20. The lowest BCUT2D eigenvalue weighted by Gasteiger charge is -2.12. The lowest BCUT2D eigenvalue weighted by molar-refractivity contribution is 0.498. The zero-order chi connectivity index (χ0) is 28.6. The molecule has 0 atom stereocenters. The van der Waals surface area contributed by atoms with E-state index in [0.29, 0.717) is 21.1 Å². The molecule has 0 fully saturated rings. The predicted octanol–water partition coefficient (Wildman–Crippen LogP) is 5.87. The highest BCUT2D eigenvalue weighted by molar-refractivity contribution is 7.92. The molecule has 0 bridgehead atoms. The molecule has 40 heavy (non-hydrogen) atoms. The molecular formula is C25H15F5N6O2S2. The fraction of sp³-hybridized carbons (Fsp3) is 0.0400. The van der Waals surface area contributed by atoms with Crippen molar-refractivity contribution in [2.45, 2.75) is 4.90 Å². The van der Waals surface area contributed by atoms with E-state index in [4.69, 9.17) is 0 Å².